The molecule has 0 bridgehead atoms. The first-order chi connectivity index (χ1) is 6.11. The lowest BCUT2D eigenvalue weighted by Gasteiger charge is -2.07. The van der Waals surface area contributed by atoms with Gasteiger partial charge in [-0.15, -0.1) is 11.3 Å². The molecule has 1 amide bonds. The smallest absolute Gasteiger partial charge is 0.221 e. The fourth-order valence-electron chi connectivity index (χ4n) is 0.812. The summed E-state index contributed by atoms with van der Waals surface area (Å²) >= 11 is 1.23. The number of nitrogens with one attached hydrogen (secondary N) is 1. The van der Waals surface area contributed by atoms with E-state index in [1.165, 1.54) is 18.3 Å². The number of hydrogen-bond donors (Lipinski definition) is 2. The Labute approximate surface area is 79.2 Å². The quantitative estimate of drug-likeness (QED) is 0.546. The van der Waals surface area contributed by atoms with Crippen molar-refractivity contribution in [3.63, 3.8) is 0 Å². The third-order valence-electron chi connectivity index (χ3n) is 1.35. The van der Waals surface area contributed by atoms with Gasteiger partial charge in [0.2, 0.25) is 11.7 Å². The summed E-state index contributed by atoms with van der Waals surface area (Å²) in [5, 5.41) is 13.0. The van der Waals surface area contributed by atoms with Crippen molar-refractivity contribution in [2.75, 3.05) is 0 Å². The highest BCUT2D eigenvalue weighted by atomic mass is 32.1. The normalized spacial score (nSPS) is 12.2. The molecule has 13 heavy (non-hydrogen) atoms. The van der Waals surface area contributed by atoms with Crippen LogP contribution in [-0.2, 0) is 4.79 Å². The first kappa shape index (κ1) is 9.88. The topological polar surface area (TPSA) is 66.4 Å². The maximum Gasteiger partial charge on any atom is 0.221 e. The van der Waals surface area contributed by atoms with E-state index in [2.05, 4.69) is 5.32 Å². The Kier molecular flexibility index (Phi) is 3.16. The van der Waals surface area contributed by atoms with Gasteiger partial charge in [-0.1, -0.05) is 6.07 Å². The van der Waals surface area contributed by atoms with Crippen LogP contribution in [0.3, 0.4) is 0 Å². The van der Waals surface area contributed by atoms with Crippen LogP contribution in [-0.4, -0.2) is 23.0 Å². The Hall–Kier alpha value is -1.20. The number of carbonyl (C=O) groups is 2. The maximum absolute atomic E-state index is 11.3. The molecule has 0 radical (unpaired) electrons. The van der Waals surface area contributed by atoms with Gasteiger partial charge in [-0.25, -0.2) is 0 Å². The van der Waals surface area contributed by atoms with Crippen molar-refractivity contribution in [3.8, 4) is 0 Å². The lowest BCUT2D eigenvalue weighted by Crippen LogP contribution is -2.39. The number of carbonyl (C=O) groups excluding carboxylic acids is 2. The van der Waals surface area contributed by atoms with E-state index < -0.39 is 17.9 Å². The summed E-state index contributed by atoms with van der Waals surface area (Å²) in [5.74, 6) is -0.914. The Balaban J connectivity index is 2.63. The highest BCUT2D eigenvalue weighted by Crippen LogP contribution is 2.10. The summed E-state index contributed by atoms with van der Waals surface area (Å²) < 4.78 is 0. The van der Waals surface area contributed by atoms with E-state index in [4.69, 9.17) is 0 Å². The van der Waals surface area contributed by atoms with Gasteiger partial charge in [0.1, 0.15) is 0 Å². The summed E-state index contributed by atoms with van der Waals surface area (Å²) in [6.07, 6.45) is -1.43. The molecule has 0 spiro atoms. The van der Waals surface area contributed by atoms with Crippen LogP contribution in [0.1, 0.15) is 16.6 Å². The molecule has 0 aliphatic heterocycles. The van der Waals surface area contributed by atoms with Crippen molar-refractivity contribution in [2.45, 2.75) is 13.2 Å². The van der Waals surface area contributed by atoms with Gasteiger partial charge < -0.3 is 10.4 Å². The average Bonchev–Trinajstić information content (AvgIpc) is 2.53. The number of hydrogen-bond acceptors (Lipinski definition) is 4. The van der Waals surface area contributed by atoms with Gasteiger partial charge in [0.05, 0.1) is 4.88 Å². The minimum atomic E-state index is -1.43. The number of aliphatic hydroxyl groups is 1. The molecule has 0 fully saturated rings. The van der Waals surface area contributed by atoms with E-state index in [1.807, 2.05) is 0 Å². The van der Waals surface area contributed by atoms with Crippen LogP contribution in [0.2, 0.25) is 0 Å². The van der Waals surface area contributed by atoms with Crippen LogP contribution in [0, 0.1) is 0 Å². The second-order valence-corrected chi connectivity index (χ2v) is 3.39. The predicted molar refractivity (Wildman–Crippen MR) is 48.5 cm³/mol. The Morgan fingerprint density at radius 1 is 1.62 bits per heavy atom. The third kappa shape index (κ3) is 2.64. The zero-order valence-electron chi connectivity index (χ0n) is 6.98. The van der Waals surface area contributed by atoms with Crippen molar-refractivity contribution in [1.29, 1.82) is 0 Å². The molecule has 1 aromatic heterocycles. The summed E-state index contributed by atoms with van der Waals surface area (Å²) in [6.45, 7) is 1.24. The number of Topliss-reactive ketones (excluding diaryl/α,β-unsaturated/α-hetero) is 1. The highest BCUT2D eigenvalue weighted by molar-refractivity contribution is 7.12. The third-order valence-corrected chi connectivity index (χ3v) is 2.24. The number of thiophene rings is 1. The minimum Gasteiger partial charge on any atom is -0.367 e. The van der Waals surface area contributed by atoms with E-state index in [-0.39, 0.29) is 0 Å². The van der Waals surface area contributed by atoms with Gasteiger partial charge in [0, 0.05) is 6.92 Å². The maximum atomic E-state index is 11.3. The first-order valence-electron chi connectivity index (χ1n) is 3.64. The van der Waals surface area contributed by atoms with Gasteiger partial charge in [0.25, 0.3) is 0 Å². The fourth-order valence-corrected chi connectivity index (χ4v) is 1.50. The molecule has 4 nitrogen and oxygen atoms in total. The summed E-state index contributed by atoms with van der Waals surface area (Å²) in [6, 6.07) is 3.30. The summed E-state index contributed by atoms with van der Waals surface area (Å²) in [4.78, 5) is 22.2. The Bertz CT molecular complexity index is 307. The molecule has 1 atom stereocenters. The molecule has 1 rings (SSSR count). The van der Waals surface area contributed by atoms with E-state index in [1.54, 1.807) is 17.5 Å². The molecule has 2 N–H and O–H groups in total. The number of rotatable bonds is 3. The molecule has 1 aromatic rings. The molecular weight excluding hydrogens is 190 g/mol. The average molecular weight is 199 g/mol. The second-order valence-electron chi connectivity index (χ2n) is 2.44. The molecule has 5 heteroatoms. The van der Waals surface area contributed by atoms with E-state index in [0.29, 0.717) is 4.88 Å². The molecule has 1 heterocycles. The van der Waals surface area contributed by atoms with E-state index in [0.717, 1.165) is 0 Å². The fraction of sp³-hybridized carbons (Fsp3) is 0.250. The molecule has 0 unspecified atom stereocenters. The number of aliphatic hydroxyl groups excluding tert-OH is 1. The molecule has 0 aromatic carbocycles. The molecule has 0 aliphatic rings. The van der Waals surface area contributed by atoms with Crippen LogP contribution >= 0.6 is 11.3 Å². The van der Waals surface area contributed by atoms with Crippen molar-refractivity contribution in [3.05, 3.63) is 22.4 Å². The summed E-state index contributed by atoms with van der Waals surface area (Å²) in [7, 11) is 0. The molecular formula is C8H9NO3S. The van der Waals surface area contributed by atoms with Crippen LogP contribution in [0.15, 0.2) is 17.5 Å². The lowest BCUT2D eigenvalue weighted by molar-refractivity contribution is -0.121. The van der Waals surface area contributed by atoms with Crippen molar-refractivity contribution in [2.24, 2.45) is 0 Å². The predicted octanol–water partition coefficient (Wildman–Crippen LogP) is 0.385. The van der Waals surface area contributed by atoms with Gasteiger partial charge >= 0.3 is 0 Å². The highest BCUT2D eigenvalue weighted by Gasteiger charge is 2.18. The standard InChI is InChI=1S/C8H9NO3S/c1-5(10)9-8(12)7(11)6-3-2-4-13-6/h2-4,8,12H,1H3,(H,9,10)/t8-/m0/s1. The van der Waals surface area contributed by atoms with Crippen molar-refractivity contribution < 1.29 is 14.7 Å². The SMILES string of the molecule is CC(=O)N[C@@H](O)C(=O)c1cccs1. The molecule has 0 saturated heterocycles. The van der Waals surface area contributed by atoms with Gasteiger partial charge in [-0.3, -0.25) is 9.59 Å². The van der Waals surface area contributed by atoms with Crippen LogP contribution in [0.25, 0.3) is 0 Å². The minimum absolute atomic E-state index is 0.432. The first-order valence-corrected chi connectivity index (χ1v) is 4.52. The second kappa shape index (κ2) is 4.15. The Morgan fingerprint density at radius 2 is 2.31 bits per heavy atom. The van der Waals surface area contributed by atoms with Crippen LogP contribution in [0.5, 0.6) is 0 Å². The van der Waals surface area contributed by atoms with Gasteiger partial charge in [-0.05, 0) is 11.4 Å². The number of amides is 1. The molecule has 0 saturated carbocycles. The van der Waals surface area contributed by atoms with Crippen molar-refractivity contribution >= 4 is 23.0 Å². The van der Waals surface area contributed by atoms with Crippen LogP contribution in [0.4, 0.5) is 0 Å². The van der Waals surface area contributed by atoms with Gasteiger partial charge in [0.15, 0.2) is 6.23 Å². The largest absolute Gasteiger partial charge is 0.367 e. The van der Waals surface area contributed by atoms with E-state index >= 15 is 0 Å². The monoisotopic (exact) mass is 199 g/mol. The summed E-state index contributed by atoms with van der Waals surface area (Å²) in [5.41, 5.74) is 0. The molecule has 0 aliphatic carbocycles. The van der Waals surface area contributed by atoms with E-state index in [9.17, 15) is 14.7 Å². The number of ketones is 1. The lowest BCUT2D eigenvalue weighted by atomic mass is 10.3. The zero-order valence-corrected chi connectivity index (χ0v) is 7.80. The zero-order chi connectivity index (χ0) is 9.84. The van der Waals surface area contributed by atoms with Gasteiger partial charge in [-0.2, -0.15) is 0 Å². The van der Waals surface area contributed by atoms with Crippen molar-refractivity contribution in [1.82, 2.24) is 5.32 Å². The van der Waals surface area contributed by atoms with Crippen LogP contribution < -0.4 is 5.32 Å². The Morgan fingerprint density at radius 3 is 2.77 bits per heavy atom. The molecule has 70 valence electrons.